The summed E-state index contributed by atoms with van der Waals surface area (Å²) in [4.78, 5) is 15.8. The molecular formula is C53H53NO7S. The van der Waals surface area contributed by atoms with Crippen molar-refractivity contribution in [3.63, 3.8) is 0 Å². The third-order valence-electron chi connectivity index (χ3n) is 11.0. The number of carbonyl (C=O) groups is 1. The molecule has 8 nitrogen and oxygen atoms in total. The number of likely N-dealkylation sites (N-methyl/N-ethyl adjacent to an activating group) is 1. The van der Waals surface area contributed by atoms with Gasteiger partial charge in [0.15, 0.2) is 6.61 Å². The standard InChI is InChI=1S/C53H53NO7S/c1-54(2)49(55)37-57-46-28-27-42(29-44-31-43-25-15-16-26-48(43)62-44)30-45(46)50-52(59-34-40-21-11-5-12-22-40)53(60-35-41-23-13-6-14-24-41)51(58-33-39-19-9-4-10-20-39)47(61-50)36-56-32-38-17-7-3-8-18-38/h3-28,30-31,47,50-53H,29,32-37H2,1-2H3/t47-,50+,51-,52+,53+/m1/s1. The lowest BCUT2D eigenvalue weighted by molar-refractivity contribution is -0.275. The molecule has 0 aliphatic carbocycles. The Balaban J connectivity index is 1.21. The van der Waals surface area contributed by atoms with Crippen LogP contribution in [-0.2, 0) is 61.3 Å². The van der Waals surface area contributed by atoms with Gasteiger partial charge in [-0.2, -0.15) is 0 Å². The molecule has 0 radical (unpaired) electrons. The van der Waals surface area contributed by atoms with Gasteiger partial charge in [0.2, 0.25) is 0 Å². The monoisotopic (exact) mass is 847 g/mol. The molecule has 9 heteroatoms. The minimum Gasteiger partial charge on any atom is -0.483 e. The summed E-state index contributed by atoms with van der Waals surface area (Å²) in [5, 5.41) is 1.22. The molecule has 1 fully saturated rings. The lowest BCUT2D eigenvalue weighted by Crippen LogP contribution is -2.58. The SMILES string of the molecule is CN(C)C(=O)COc1ccc(Cc2cc3ccccc3s2)cc1[C@@H]1O[C@H](COCc2ccccc2)[C@@H](OCc2ccccc2)[C@H](OCc2ccccc2)[C@H]1OCc1ccccc1. The van der Waals surface area contributed by atoms with Gasteiger partial charge in [-0.3, -0.25) is 4.79 Å². The molecule has 1 aliphatic heterocycles. The third-order valence-corrected chi connectivity index (χ3v) is 12.1. The maximum Gasteiger partial charge on any atom is 0.259 e. The van der Waals surface area contributed by atoms with Crippen LogP contribution >= 0.6 is 11.3 Å². The van der Waals surface area contributed by atoms with E-state index in [1.807, 2.05) is 91.0 Å². The molecule has 6 aromatic carbocycles. The first kappa shape index (κ1) is 43.0. The van der Waals surface area contributed by atoms with Gasteiger partial charge in [-0.05, 0) is 57.5 Å². The zero-order chi connectivity index (χ0) is 42.5. The second kappa shape index (κ2) is 21.4. The molecule has 1 aliphatic rings. The number of hydrogen-bond acceptors (Lipinski definition) is 8. The van der Waals surface area contributed by atoms with Gasteiger partial charge in [-0.15, -0.1) is 11.3 Å². The number of carbonyl (C=O) groups excluding carboxylic acids is 1. The molecule has 62 heavy (non-hydrogen) atoms. The first-order chi connectivity index (χ1) is 30.5. The van der Waals surface area contributed by atoms with E-state index < -0.39 is 30.5 Å². The normalized spacial score (nSPS) is 18.7. The second-order valence-corrected chi connectivity index (χ2v) is 16.9. The summed E-state index contributed by atoms with van der Waals surface area (Å²) in [6.45, 7) is 1.42. The molecule has 8 rings (SSSR count). The summed E-state index contributed by atoms with van der Waals surface area (Å²) in [5.41, 5.74) is 5.94. The lowest BCUT2D eigenvalue weighted by Gasteiger charge is -2.46. The van der Waals surface area contributed by atoms with E-state index in [4.69, 9.17) is 28.4 Å². The number of rotatable bonds is 19. The summed E-state index contributed by atoms with van der Waals surface area (Å²) >= 11 is 1.79. The number of fused-ring (bicyclic) bond motifs is 1. The molecule has 7 aromatic rings. The van der Waals surface area contributed by atoms with Crippen molar-refractivity contribution < 1.29 is 33.2 Å². The molecule has 0 saturated carbocycles. The van der Waals surface area contributed by atoms with E-state index in [0.717, 1.165) is 33.4 Å². The Kier molecular flexibility index (Phi) is 14.9. The van der Waals surface area contributed by atoms with Gasteiger partial charge in [0, 0.05) is 35.7 Å². The third kappa shape index (κ3) is 11.4. The molecular weight excluding hydrogens is 795 g/mol. The Morgan fingerprint density at radius 1 is 0.581 bits per heavy atom. The van der Waals surface area contributed by atoms with E-state index in [0.29, 0.717) is 38.6 Å². The van der Waals surface area contributed by atoms with Gasteiger partial charge < -0.3 is 33.3 Å². The fraction of sp³-hybridized carbons (Fsp3) is 0.264. The van der Waals surface area contributed by atoms with Crippen LogP contribution in [0.2, 0.25) is 0 Å². The molecule has 0 unspecified atom stereocenters. The highest BCUT2D eigenvalue weighted by Crippen LogP contribution is 2.42. The van der Waals surface area contributed by atoms with Crippen LogP contribution in [0.4, 0.5) is 0 Å². The van der Waals surface area contributed by atoms with Crippen molar-refractivity contribution in [3.05, 3.63) is 208 Å². The maximum absolute atomic E-state index is 13.0. The van der Waals surface area contributed by atoms with Crippen LogP contribution < -0.4 is 4.74 Å². The van der Waals surface area contributed by atoms with Crippen molar-refractivity contribution >= 4 is 27.3 Å². The molecule has 318 valence electrons. The summed E-state index contributed by atoms with van der Waals surface area (Å²) in [6.07, 6.45) is -2.52. The van der Waals surface area contributed by atoms with Crippen molar-refractivity contribution in [1.29, 1.82) is 0 Å². The van der Waals surface area contributed by atoms with Crippen LogP contribution in [0.25, 0.3) is 10.1 Å². The van der Waals surface area contributed by atoms with Gasteiger partial charge in [-0.25, -0.2) is 0 Å². The van der Waals surface area contributed by atoms with Crippen LogP contribution in [0.3, 0.4) is 0 Å². The molecule has 1 amide bonds. The number of benzene rings is 6. The van der Waals surface area contributed by atoms with Gasteiger partial charge >= 0.3 is 0 Å². The zero-order valence-corrected chi connectivity index (χ0v) is 36.0. The minimum absolute atomic E-state index is 0.141. The second-order valence-electron chi connectivity index (χ2n) is 15.8. The van der Waals surface area contributed by atoms with E-state index in [9.17, 15) is 4.79 Å². The van der Waals surface area contributed by atoms with Gasteiger partial charge in [0.05, 0.1) is 33.0 Å². The highest BCUT2D eigenvalue weighted by Gasteiger charge is 2.50. The maximum atomic E-state index is 13.0. The van der Waals surface area contributed by atoms with Crippen LogP contribution in [0.5, 0.6) is 5.75 Å². The lowest BCUT2D eigenvalue weighted by atomic mass is 9.89. The zero-order valence-electron chi connectivity index (χ0n) is 35.2. The van der Waals surface area contributed by atoms with E-state index in [2.05, 4.69) is 78.9 Å². The molecule has 0 spiro atoms. The van der Waals surface area contributed by atoms with E-state index in [1.165, 1.54) is 19.9 Å². The van der Waals surface area contributed by atoms with Crippen molar-refractivity contribution in [3.8, 4) is 5.75 Å². The first-order valence-corrected chi connectivity index (χ1v) is 22.0. The summed E-state index contributed by atoms with van der Waals surface area (Å²) < 4.78 is 42.5. The molecule has 5 atom stereocenters. The predicted molar refractivity (Wildman–Crippen MR) is 244 cm³/mol. The number of thiophene rings is 1. The van der Waals surface area contributed by atoms with Crippen LogP contribution in [0, 0.1) is 0 Å². The van der Waals surface area contributed by atoms with Crippen LogP contribution in [0.15, 0.2) is 170 Å². The number of nitrogens with zero attached hydrogens (tertiary/aromatic N) is 1. The van der Waals surface area contributed by atoms with Crippen molar-refractivity contribution in [1.82, 2.24) is 4.90 Å². The molecule has 1 saturated heterocycles. The molecule has 2 heterocycles. The Bertz CT molecular complexity index is 2410. The Morgan fingerprint density at radius 3 is 1.69 bits per heavy atom. The predicted octanol–water partition coefficient (Wildman–Crippen LogP) is 10.4. The van der Waals surface area contributed by atoms with E-state index in [-0.39, 0.29) is 19.1 Å². The molecule has 0 N–H and O–H groups in total. The van der Waals surface area contributed by atoms with Crippen molar-refractivity contribution in [2.75, 3.05) is 27.3 Å². The summed E-state index contributed by atoms with van der Waals surface area (Å²) in [7, 11) is 3.45. The highest BCUT2D eigenvalue weighted by molar-refractivity contribution is 7.19. The van der Waals surface area contributed by atoms with Gasteiger partial charge in [-0.1, -0.05) is 146 Å². The average Bonchev–Trinajstić information content (AvgIpc) is 3.73. The summed E-state index contributed by atoms with van der Waals surface area (Å²) in [5.74, 6) is 0.380. The molecule has 0 bridgehead atoms. The van der Waals surface area contributed by atoms with Gasteiger partial charge in [0.25, 0.3) is 5.91 Å². The number of amides is 1. The fourth-order valence-electron chi connectivity index (χ4n) is 7.70. The average molecular weight is 848 g/mol. The minimum atomic E-state index is -0.715. The quantitative estimate of drug-likeness (QED) is 0.0802. The van der Waals surface area contributed by atoms with E-state index >= 15 is 0 Å². The van der Waals surface area contributed by atoms with E-state index in [1.54, 1.807) is 25.4 Å². The van der Waals surface area contributed by atoms with Crippen molar-refractivity contribution in [2.45, 2.75) is 63.4 Å². The van der Waals surface area contributed by atoms with Gasteiger partial charge in [0.1, 0.15) is 36.3 Å². The van der Waals surface area contributed by atoms with Crippen molar-refractivity contribution in [2.24, 2.45) is 0 Å². The van der Waals surface area contributed by atoms with Crippen LogP contribution in [-0.4, -0.2) is 62.5 Å². The summed E-state index contributed by atoms with van der Waals surface area (Å²) in [6, 6.07) is 57.4. The smallest absolute Gasteiger partial charge is 0.259 e. The molecule has 1 aromatic heterocycles. The fourth-order valence-corrected chi connectivity index (χ4v) is 8.79. The van der Waals surface area contributed by atoms with Crippen LogP contribution in [0.1, 0.15) is 44.4 Å². The highest BCUT2D eigenvalue weighted by atomic mass is 32.1. The first-order valence-electron chi connectivity index (χ1n) is 21.1. The topological polar surface area (TPSA) is 75.7 Å². The largest absolute Gasteiger partial charge is 0.483 e. The Hall–Kier alpha value is -5.65. The Labute approximate surface area is 368 Å². The number of hydrogen-bond donors (Lipinski definition) is 0. The Morgan fingerprint density at radius 2 is 1.11 bits per heavy atom. The number of ether oxygens (including phenoxy) is 6.